The molecule has 0 fully saturated rings. The van der Waals surface area contributed by atoms with E-state index in [1.54, 1.807) is 34.9 Å². The number of benzene rings is 2. The van der Waals surface area contributed by atoms with E-state index in [2.05, 4.69) is 4.99 Å². The highest BCUT2D eigenvalue weighted by Gasteiger charge is 2.07. The van der Waals surface area contributed by atoms with E-state index < -0.39 is 0 Å². The number of hydrogen-bond acceptors (Lipinski definition) is 2. The third-order valence-electron chi connectivity index (χ3n) is 2.99. The molecule has 0 unspecified atom stereocenters. The number of carbonyl (C=O) groups is 1. The van der Waals surface area contributed by atoms with E-state index in [9.17, 15) is 9.18 Å². The second kappa shape index (κ2) is 5.02. The molecule has 5 heteroatoms. The van der Waals surface area contributed by atoms with Crippen molar-refractivity contribution in [3.63, 3.8) is 0 Å². The molecular formula is C15H11FN2OS. The summed E-state index contributed by atoms with van der Waals surface area (Å²) in [5.41, 5.74) is 1.40. The molecule has 3 aromatic rings. The summed E-state index contributed by atoms with van der Waals surface area (Å²) in [5.74, 6) is -0.589. The zero-order valence-electron chi connectivity index (χ0n) is 10.7. The van der Waals surface area contributed by atoms with Crippen LogP contribution in [0.3, 0.4) is 0 Å². The van der Waals surface area contributed by atoms with Crippen molar-refractivity contribution in [1.82, 2.24) is 4.57 Å². The highest BCUT2D eigenvalue weighted by Crippen LogP contribution is 2.17. The third-order valence-corrected chi connectivity index (χ3v) is 4.08. The van der Waals surface area contributed by atoms with Crippen LogP contribution in [-0.4, -0.2) is 10.5 Å². The SMILES string of the molecule is Cn1c(=NC(=O)c2ccccc2)sc2cc(F)ccc21. The van der Waals surface area contributed by atoms with Crippen molar-refractivity contribution >= 4 is 27.5 Å². The van der Waals surface area contributed by atoms with E-state index in [1.807, 2.05) is 13.1 Å². The molecule has 2 aromatic carbocycles. The summed E-state index contributed by atoms with van der Waals surface area (Å²) in [6, 6.07) is 13.4. The number of nitrogens with zero attached hydrogens (tertiary/aromatic N) is 2. The van der Waals surface area contributed by atoms with Crippen LogP contribution in [0.15, 0.2) is 53.5 Å². The van der Waals surface area contributed by atoms with Gasteiger partial charge >= 0.3 is 0 Å². The molecule has 0 aliphatic carbocycles. The van der Waals surface area contributed by atoms with Gasteiger partial charge in [-0.05, 0) is 30.3 Å². The number of thiazole rings is 1. The minimum absolute atomic E-state index is 0.291. The quantitative estimate of drug-likeness (QED) is 0.677. The second-order valence-corrected chi connectivity index (χ2v) is 5.35. The molecule has 3 nitrogen and oxygen atoms in total. The lowest BCUT2D eigenvalue weighted by Crippen LogP contribution is -2.13. The maximum atomic E-state index is 13.2. The Kier molecular flexibility index (Phi) is 3.20. The minimum atomic E-state index is -0.298. The smallest absolute Gasteiger partial charge is 0.279 e. The largest absolute Gasteiger partial charge is 0.319 e. The molecule has 0 aliphatic heterocycles. The number of amides is 1. The number of fused-ring (bicyclic) bond motifs is 1. The predicted octanol–water partition coefficient (Wildman–Crippen LogP) is 3.12. The molecule has 0 aliphatic rings. The molecule has 0 saturated heterocycles. The van der Waals surface area contributed by atoms with Gasteiger partial charge in [-0.2, -0.15) is 4.99 Å². The Bertz CT molecular complexity index is 849. The zero-order chi connectivity index (χ0) is 14.1. The fourth-order valence-electron chi connectivity index (χ4n) is 1.95. The first-order chi connectivity index (χ1) is 9.65. The number of carbonyl (C=O) groups excluding carboxylic acids is 1. The van der Waals surface area contributed by atoms with Crippen LogP contribution in [0, 0.1) is 5.82 Å². The first-order valence-electron chi connectivity index (χ1n) is 6.04. The Morgan fingerprint density at radius 3 is 2.70 bits per heavy atom. The lowest BCUT2D eigenvalue weighted by Gasteiger charge is -1.95. The standard InChI is InChI=1S/C15H11FN2OS/c1-18-12-8-7-11(16)9-13(12)20-15(18)17-14(19)10-5-3-2-4-6-10/h2-9H,1H3. The van der Waals surface area contributed by atoms with E-state index >= 15 is 0 Å². The van der Waals surface area contributed by atoms with E-state index in [1.165, 1.54) is 23.5 Å². The first kappa shape index (κ1) is 12.7. The summed E-state index contributed by atoms with van der Waals surface area (Å²) < 4.78 is 15.8. The van der Waals surface area contributed by atoms with Crippen molar-refractivity contribution in [1.29, 1.82) is 0 Å². The monoisotopic (exact) mass is 286 g/mol. The summed E-state index contributed by atoms with van der Waals surface area (Å²) in [6.07, 6.45) is 0. The van der Waals surface area contributed by atoms with Gasteiger partial charge in [-0.3, -0.25) is 4.79 Å². The highest BCUT2D eigenvalue weighted by atomic mass is 32.1. The van der Waals surface area contributed by atoms with Gasteiger partial charge in [0.15, 0.2) is 4.80 Å². The molecule has 100 valence electrons. The molecular weight excluding hydrogens is 275 g/mol. The van der Waals surface area contributed by atoms with Gasteiger partial charge in [-0.1, -0.05) is 29.5 Å². The summed E-state index contributed by atoms with van der Waals surface area (Å²) in [7, 11) is 1.81. The van der Waals surface area contributed by atoms with E-state index in [0.717, 1.165) is 10.2 Å². The zero-order valence-corrected chi connectivity index (χ0v) is 11.5. The average Bonchev–Trinajstić information content (AvgIpc) is 2.75. The van der Waals surface area contributed by atoms with Crippen molar-refractivity contribution < 1.29 is 9.18 Å². The molecule has 1 heterocycles. The molecule has 0 saturated carbocycles. The molecule has 1 amide bonds. The van der Waals surface area contributed by atoms with Crippen molar-refractivity contribution in [3.05, 3.63) is 64.7 Å². The first-order valence-corrected chi connectivity index (χ1v) is 6.86. The fraction of sp³-hybridized carbons (Fsp3) is 0.0667. The maximum absolute atomic E-state index is 13.2. The molecule has 0 N–H and O–H groups in total. The molecule has 0 radical (unpaired) electrons. The van der Waals surface area contributed by atoms with Crippen molar-refractivity contribution in [3.8, 4) is 0 Å². The van der Waals surface area contributed by atoms with Gasteiger partial charge in [0.05, 0.1) is 10.2 Å². The van der Waals surface area contributed by atoms with Crippen LogP contribution in [0.5, 0.6) is 0 Å². The maximum Gasteiger partial charge on any atom is 0.279 e. The van der Waals surface area contributed by atoms with E-state index in [-0.39, 0.29) is 11.7 Å². The third kappa shape index (κ3) is 2.28. The van der Waals surface area contributed by atoms with Crippen LogP contribution < -0.4 is 4.80 Å². The summed E-state index contributed by atoms with van der Waals surface area (Å²) in [6.45, 7) is 0. The summed E-state index contributed by atoms with van der Waals surface area (Å²) in [4.78, 5) is 16.7. The minimum Gasteiger partial charge on any atom is -0.319 e. The molecule has 0 atom stereocenters. The topological polar surface area (TPSA) is 34.4 Å². The number of hydrogen-bond donors (Lipinski definition) is 0. The van der Waals surface area contributed by atoms with Crippen molar-refractivity contribution in [2.75, 3.05) is 0 Å². The van der Waals surface area contributed by atoms with E-state index in [0.29, 0.717) is 10.4 Å². The van der Waals surface area contributed by atoms with Gasteiger partial charge < -0.3 is 4.57 Å². The Balaban J connectivity index is 2.12. The molecule has 0 spiro atoms. The number of aryl methyl sites for hydroxylation is 1. The summed E-state index contributed by atoms with van der Waals surface area (Å²) in [5, 5.41) is 0. The molecule has 20 heavy (non-hydrogen) atoms. The molecule has 3 rings (SSSR count). The number of halogens is 1. The molecule has 0 bridgehead atoms. The Morgan fingerprint density at radius 1 is 1.20 bits per heavy atom. The Labute approximate surface area is 118 Å². The van der Waals surface area contributed by atoms with Crippen LogP contribution in [0.2, 0.25) is 0 Å². The van der Waals surface area contributed by atoms with Crippen LogP contribution in [-0.2, 0) is 7.05 Å². The van der Waals surface area contributed by atoms with Crippen LogP contribution in [0.4, 0.5) is 4.39 Å². The predicted molar refractivity (Wildman–Crippen MR) is 77.1 cm³/mol. The van der Waals surface area contributed by atoms with Crippen LogP contribution >= 0.6 is 11.3 Å². The fourth-order valence-corrected chi connectivity index (χ4v) is 2.99. The van der Waals surface area contributed by atoms with Gasteiger partial charge in [-0.25, -0.2) is 4.39 Å². The number of rotatable bonds is 1. The van der Waals surface area contributed by atoms with Crippen molar-refractivity contribution in [2.24, 2.45) is 12.0 Å². The lowest BCUT2D eigenvalue weighted by molar-refractivity contribution is 0.0998. The Hall–Kier alpha value is -2.27. The van der Waals surface area contributed by atoms with Gasteiger partial charge in [0, 0.05) is 12.6 Å². The lowest BCUT2D eigenvalue weighted by atomic mass is 10.2. The van der Waals surface area contributed by atoms with E-state index in [4.69, 9.17) is 0 Å². The van der Waals surface area contributed by atoms with Crippen molar-refractivity contribution in [2.45, 2.75) is 0 Å². The Morgan fingerprint density at radius 2 is 1.95 bits per heavy atom. The molecule has 1 aromatic heterocycles. The second-order valence-electron chi connectivity index (χ2n) is 4.34. The van der Waals surface area contributed by atoms with Crippen LogP contribution in [0.25, 0.3) is 10.2 Å². The van der Waals surface area contributed by atoms with Crippen LogP contribution in [0.1, 0.15) is 10.4 Å². The number of aromatic nitrogens is 1. The van der Waals surface area contributed by atoms with Gasteiger partial charge in [0.2, 0.25) is 0 Å². The normalized spacial score (nSPS) is 12.0. The average molecular weight is 286 g/mol. The summed E-state index contributed by atoms with van der Waals surface area (Å²) >= 11 is 1.30. The highest BCUT2D eigenvalue weighted by molar-refractivity contribution is 7.16. The van der Waals surface area contributed by atoms with Gasteiger partial charge in [-0.15, -0.1) is 0 Å². The van der Waals surface area contributed by atoms with Gasteiger partial charge in [0.25, 0.3) is 5.91 Å². The van der Waals surface area contributed by atoms with Gasteiger partial charge in [0.1, 0.15) is 5.82 Å².